The minimum atomic E-state index is -4.51. The standard InChI is InChI=1S/C13H12F3N3O2/c1-7-10(12(20)19(2)3)11(18-21-7)8-4-5-9(17-6-8)13(14,15)16/h4-6H,1-3H3. The van der Waals surface area contributed by atoms with E-state index in [0.717, 1.165) is 12.3 Å². The molecule has 5 nitrogen and oxygen atoms in total. The van der Waals surface area contributed by atoms with E-state index in [0.29, 0.717) is 5.76 Å². The van der Waals surface area contributed by atoms with Gasteiger partial charge in [0.15, 0.2) is 0 Å². The van der Waals surface area contributed by atoms with E-state index < -0.39 is 11.9 Å². The predicted octanol–water partition coefficient (Wildman–Crippen LogP) is 2.77. The van der Waals surface area contributed by atoms with E-state index >= 15 is 0 Å². The Morgan fingerprint density at radius 3 is 2.43 bits per heavy atom. The maximum Gasteiger partial charge on any atom is 0.433 e. The molecular weight excluding hydrogens is 287 g/mol. The molecule has 0 bridgehead atoms. The van der Waals surface area contributed by atoms with Gasteiger partial charge in [0.25, 0.3) is 5.91 Å². The second-order valence-electron chi connectivity index (χ2n) is 4.59. The van der Waals surface area contributed by atoms with E-state index in [2.05, 4.69) is 10.1 Å². The van der Waals surface area contributed by atoms with Gasteiger partial charge in [-0.05, 0) is 19.1 Å². The lowest BCUT2D eigenvalue weighted by atomic mass is 10.1. The fourth-order valence-corrected chi connectivity index (χ4v) is 1.75. The molecule has 8 heteroatoms. The molecule has 0 saturated heterocycles. The number of rotatable bonds is 2. The Morgan fingerprint density at radius 2 is 1.95 bits per heavy atom. The molecule has 112 valence electrons. The molecule has 2 aromatic rings. The fourth-order valence-electron chi connectivity index (χ4n) is 1.75. The molecule has 0 aliphatic rings. The first-order chi connectivity index (χ1) is 9.71. The van der Waals surface area contributed by atoms with Gasteiger partial charge in [0.05, 0.1) is 0 Å². The first-order valence-electron chi connectivity index (χ1n) is 5.93. The van der Waals surface area contributed by atoms with Gasteiger partial charge in [-0.15, -0.1) is 0 Å². The van der Waals surface area contributed by atoms with Crippen molar-refractivity contribution in [3.8, 4) is 11.3 Å². The second-order valence-corrected chi connectivity index (χ2v) is 4.59. The Bertz CT molecular complexity index is 660. The summed E-state index contributed by atoms with van der Waals surface area (Å²) in [7, 11) is 3.12. The second kappa shape index (κ2) is 5.19. The number of carbonyl (C=O) groups is 1. The van der Waals surface area contributed by atoms with E-state index in [1.54, 1.807) is 21.0 Å². The zero-order chi connectivity index (χ0) is 15.8. The van der Waals surface area contributed by atoms with Crippen molar-refractivity contribution in [1.29, 1.82) is 0 Å². The summed E-state index contributed by atoms with van der Waals surface area (Å²) in [5.41, 5.74) is -0.342. The first kappa shape index (κ1) is 15.0. The Labute approximate surface area is 118 Å². The lowest BCUT2D eigenvalue weighted by Gasteiger charge is -2.10. The van der Waals surface area contributed by atoms with E-state index in [9.17, 15) is 18.0 Å². The summed E-state index contributed by atoms with van der Waals surface area (Å²) in [6.07, 6.45) is -3.49. The topological polar surface area (TPSA) is 59.2 Å². The van der Waals surface area contributed by atoms with Gasteiger partial charge in [0.1, 0.15) is 22.7 Å². The van der Waals surface area contributed by atoms with E-state index in [1.165, 1.54) is 11.0 Å². The predicted molar refractivity (Wildman–Crippen MR) is 67.5 cm³/mol. The van der Waals surface area contributed by atoms with Crippen LogP contribution in [-0.4, -0.2) is 35.0 Å². The van der Waals surface area contributed by atoms with Crippen molar-refractivity contribution in [2.24, 2.45) is 0 Å². The van der Waals surface area contributed by atoms with Crippen molar-refractivity contribution < 1.29 is 22.5 Å². The number of hydrogen-bond donors (Lipinski definition) is 0. The summed E-state index contributed by atoms with van der Waals surface area (Å²) in [5.74, 6) is -0.0488. The van der Waals surface area contributed by atoms with Gasteiger partial charge in [-0.3, -0.25) is 9.78 Å². The molecule has 0 N–H and O–H groups in total. The number of carbonyl (C=O) groups excluding carboxylic acids is 1. The number of amides is 1. The fraction of sp³-hybridized carbons (Fsp3) is 0.308. The molecule has 2 rings (SSSR count). The Hall–Kier alpha value is -2.38. The van der Waals surface area contributed by atoms with Crippen LogP contribution in [0.25, 0.3) is 11.3 Å². The zero-order valence-corrected chi connectivity index (χ0v) is 11.5. The maximum atomic E-state index is 12.5. The third kappa shape index (κ3) is 2.88. The molecule has 0 fully saturated rings. The third-order valence-electron chi connectivity index (χ3n) is 2.81. The highest BCUT2D eigenvalue weighted by atomic mass is 19.4. The van der Waals surface area contributed by atoms with E-state index in [-0.39, 0.29) is 22.7 Å². The number of aromatic nitrogens is 2. The van der Waals surface area contributed by atoms with Crippen LogP contribution in [0.2, 0.25) is 0 Å². The average Bonchev–Trinajstić information content (AvgIpc) is 2.78. The molecule has 0 aromatic carbocycles. The molecule has 0 spiro atoms. The van der Waals surface area contributed by atoms with Crippen molar-refractivity contribution in [1.82, 2.24) is 15.0 Å². The summed E-state index contributed by atoms with van der Waals surface area (Å²) in [5, 5.41) is 3.74. The van der Waals surface area contributed by atoms with Gasteiger partial charge in [0, 0.05) is 25.9 Å². The van der Waals surface area contributed by atoms with Crippen LogP contribution in [0.3, 0.4) is 0 Å². The molecule has 0 unspecified atom stereocenters. The first-order valence-corrected chi connectivity index (χ1v) is 5.93. The highest BCUT2D eigenvalue weighted by molar-refractivity contribution is 6.00. The molecule has 0 aliphatic heterocycles. The average molecular weight is 299 g/mol. The van der Waals surface area contributed by atoms with Crippen LogP contribution in [0.5, 0.6) is 0 Å². The summed E-state index contributed by atoms with van der Waals surface area (Å²) in [6, 6.07) is 2.04. The number of aryl methyl sites for hydroxylation is 1. The number of pyridine rings is 1. The maximum absolute atomic E-state index is 12.5. The summed E-state index contributed by atoms with van der Waals surface area (Å²) in [6.45, 7) is 1.56. The van der Waals surface area contributed by atoms with E-state index in [4.69, 9.17) is 4.52 Å². The van der Waals surface area contributed by atoms with Crippen LogP contribution in [0, 0.1) is 6.92 Å². The van der Waals surface area contributed by atoms with Crippen molar-refractivity contribution in [3.05, 3.63) is 35.3 Å². The molecule has 0 aliphatic carbocycles. The van der Waals surface area contributed by atoms with Crippen molar-refractivity contribution >= 4 is 5.91 Å². The number of alkyl halides is 3. The monoisotopic (exact) mass is 299 g/mol. The van der Waals surface area contributed by atoms with Crippen molar-refractivity contribution in [2.45, 2.75) is 13.1 Å². The number of nitrogens with zero attached hydrogens (tertiary/aromatic N) is 3. The Balaban J connectivity index is 2.46. The summed E-state index contributed by atoms with van der Waals surface area (Å²) < 4.78 is 42.4. The van der Waals surface area contributed by atoms with E-state index in [1.807, 2.05) is 0 Å². The van der Waals surface area contributed by atoms with Gasteiger partial charge in [-0.25, -0.2) is 0 Å². The SMILES string of the molecule is Cc1onc(-c2ccc(C(F)(F)F)nc2)c1C(=O)N(C)C. The van der Waals surface area contributed by atoms with Crippen LogP contribution in [0.15, 0.2) is 22.9 Å². The highest BCUT2D eigenvalue weighted by Gasteiger charge is 2.32. The normalized spacial score (nSPS) is 11.5. The summed E-state index contributed by atoms with van der Waals surface area (Å²) >= 11 is 0. The lowest BCUT2D eigenvalue weighted by Crippen LogP contribution is -2.22. The van der Waals surface area contributed by atoms with Crippen LogP contribution >= 0.6 is 0 Å². The highest BCUT2D eigenvalue weighted by Crippen LogP contribution is 2.30. The largest absolute Gasteiger partial charge is 0.433 e. The van der Waals surface area contributed by atoms with Crippen LogP contribution in [0.4, 0.5) is 13.2 Å². The lowest BCUT2D eigenvalue weighted by molar-refractivity contribution is -0.141. The summed E-state index contributed by atoms with van der Waals surface area (Å²) in [4.78, 5) is 16.8. The van der Waals surface area contributed by atoms with Crippen LogP contribution in [-0.2, 0) is 6.18 Å². The van der Waals surface area contributed by atoms with Crippen molar-refractivity contribution in [2.75, 3.05) is 14.1 Å². The Morgan fingerprint density at radius 1 is 1.29 bits per heavy atom. The molecule has 0 saturated carbocycles. The Kier molecular flexibility index (Phi) is 3.71. The molecular formula is C13H12F3N3O2. The molecule has 2 heterocycles. The molecule has 0 radical (unpaired) electrons. The van der Waals surface area contributed by atoms with Gasteiger partial charge in [-0.2, -0.15) is 13.2 Å². The van der Waals surface area contributed by atoms with Gasteiger partial charge in [0.2, 0.25) is 0 Å². The zero-order valence-electron chi connectivity index (χ0n) is 11.5. The van der Waals surface area contributed by atoms with Gasteiger partial charge < -0.3 is 9.42 Å². The number of halogens is 3. The third-order valence-corrected chi connectivity index (χ3v) is 2.81. The minimum absolute atomic E-state index is 0.174. The molecule has 21 heavy (non-hydrogen) atoms. The number of hydrogen-bond acceptors (Lipinski definition) is 4. The molecule has 0 atom stereocenters. The van der Waals surface area contributed by atoms with Crippen molar-refractivity contribution in [3.63, 3.8) is 0 Å². The van der Waals surface area contributed by atoms with Crippen LogP contribution in [0.1, 0.15) is 21.8 Å². The van der Waals surface area contributed by atoms with Gasteiger partial charge in [-0.1, -0.05) is 5.16 Å². The minimum Gasteiger partial charge on any atom is -0.360 e. The quantitative estimate of drug-likeness (QED) is 0.855. The molecule has 2 aromatic heterocycles. The smallest absolute Gasteiger partial charge is 0.360 e. The van der Waals surface area contributed by atoms with Crippen LogP contribution < -0.4 is 0 Å². The van der Waals surface area contributed by atoms with Gasteiger partial charge >= 0.3 is 6.18 Å². The molecule has 1 amide bonds.